The third-order valence-electron chi connectivity index (χ3n) is 0.763. The van der Waals surface area contributed by atoms with E-state index in [1.807, 2.05) is 0 Å². The lowest BCUT2D eigenvalue weighted by molar-refractivity contribution is 0.494. The van der Waals surface area contributed by atoms with Crippen LogP contribution in [0.1, 0.15) is 0 Å². The van der Waals surface area contributed by atoms with Crippen LogP contribution in [-0.2, 0) is 0 Å². The van der Waals surface area contributed by atoms with Crippen molar-refractivity contribution in [2.75, 3.05) is 6.54 Å². The summed E-state index contributed by atoms with van der Waals surface area (Å²) >= 11 is 5.54. The Hall–Kier alpha value is -0.540. The molecule has 0 amide bonds. The molecule has 0 atom stereocenters. The van der Waals surface area contributed by atoms with Gasteiger partial charge in [-0.2, -0.15) is 0 Å². The van der Waals surface area contributed by atoms with E-state index < -0.39 is 0 Å². The number of hydrazine groups is 1. The summed E-state index contributed by atoms with van der Waals surface area (Å²) in [6, 6.07) is 0. The molecule has 0 spiro atoms. The van der Waals surface area contributed by atoms with Crippen LogP contribution in [0.4, 0.5) is 0 Å². The molecule has 0 fully saturated rings. The van der Waals surface area contributed by atoms with Crippen molar-refractivity contribution >= 4 is 17.9 Å². The zero-order chi connectivity index (χ0) is 5.98. The van der Waals surface area contributed by atoms with Gasteiger partial charge in [0.05, 0.1) is 11.6 Å². The fourth-order valence-electron chi connectivity index (χ4n) is 0.456. The van der Waals surface area contributed by atoms with Gasteiger partial charge >= 0.3 is 0 Å². The summed E-state index contributed by atoms with van der Waals surface area (Å²) in [6.45, 7) is 0.561. The van der Waals surface area contributed by atoms with Crippen LogP contribution in [0.3, 0.4) is 0 Å². The maximum Gasteiger partial charge on any atom is 0.105 e. The Balaban J connectivity index is 2.59. The quantitative estimate of drug-likeness (QED) is 0.480. The number of hydrogen-bond acceptors (Lipinski definition) is 3. The van der Waals surface area contributed by atoms with Crippen molar-refractivity contribution in [3.05, 3.63) is 11.2 Å². The normalized spacial score (nSPS) is 18.8. The summed E-state index contributed by atoms with van der Waals surface area (Å²) in [5.74, 6) is 5.28. The molecule has 0 aliphatic carbocycles. The lowest BCUT2D eigenvalue weighted by atomic mass is 10.5. The van der Waals surface area contributed by atoms with Crippen molar-refractivity contribution in [3.8, 4) is 0 Å². The summed E-state index contributed by atoms with van der Waals surface area (Å²) in [5, 5.41) is 2.08. The van der Waals surface area contributed by atoms with E-state index in [1.165, 1.54) is 11.3 Å². The Morgan fingerprint density at radius 3 is 3.00 bits per heavy atom. The van der Waals surface area contributed by atoms with Crippen LogP contribution in [0, 0.1) is 0 Å². The monoisotopic (exact) mass is 131 g/mol. The predicted molar refractivity (Wildman–Crippen MR) is 33.3 cm³/mol. The molecule has 0 unspecified atom stereocenters. The molecular formula is C4H6ClN3. The third kappa shape index (κ3) is 1.21. The summed E-state index contributed by atoms with van der Waals surface area (Å²) in [5.41, 5.74) is 0. The number of nitrogens with two attached hydrogens (primary N) is 1. The first-order valence-corrected chi connectivity index (χ1v) is 2.56. The molecule has 1 aliphatic heterocycles. The van der Waals surface area contributed by atoms with Crippen LogP contribution in [0.25, 0.3) is 0 Å². The van der Waals surface area contributed by atoms with Crippen LogP contribution in [0.15, 0.2) is 16.2 Å². The molecule has 8 heavy (non-hydrogen) atoms. The standard InChI is InChI=1S/C4H6ClN3/c5-4-1-7-3-8(6)2-4/h1,3H,2,6H2. The number of halogens is 1. The van der Waals surface area contributed by atoms with E-state index in [0.717, 1.165) is 0 Å². The zero-order valence-electron chi connectivity index (χ0n) is 4.21. The average Bonchev–Trinajstić information content (AvgIpc) is 1.64. The molecule has 0 bridgehead atoms. The van der Waals surface area contributed by atoms with Gasteiger partial charge in [0.2, 0.25) is 0 Å². The topological polar surface area (TPSA) is 41.6 Å². The fourth-order valence-corrected chi connectivity index (χ4v) is 0.650. The fraction of sp³-hybridized carbons (Fsp3) is 0.250. The zero-order valence-corrected chi connectivity index (χ0v) is 4.97. The highest BCUT2D eigenvalue weighted by atomic mass is 35.5. The second-order valence-electron chi connectivity index (χ2n) is 1.51. The van der Waals surface area contributed by atoms with Crippen LogP contribution in [-0.4, -0.2) is 17.9 Å². The van der Waals surface area contributed by atoms with Crippen molar-refractivity contribution in [1.29, 1.82) is 0 Å². The third-order valence-corrected chi connectivity index (χ3v) is 0.980. The first kappa shape index (κ1) is 5.59. The second kappa shape index (κ2) is 2.15. The number of hydrogen-bond donors (Lipinski definition) is 1. The molecule has 1 heterocycles. The minimum absolute atomic E-state index is 0.561. The van der Waals surface area contributed by atoms with E-state index in [9.17, 15) is 0 Å². The van der Waals surface area contributed by atoms with Gasteiger partial charge in [-0.05, 0) is 0 Å². The van der Waals surface area contributed by atoms with E-state index >= 15 is 0 Å². The van der Waals surface area contributed by atoms with Gasteiger partial charge in [0.15, 0.2) is 0 Å². The highest BCUT2D eigenvalue weighted by Gasteiger charge is 1.99. The van der Waals surface area contributed by atoms with E-state index in [0.29, 0.717) is 11.6 Å². The van der Waals surface area contributed by atoms with Gasteiger partial charge in [-0.1, -0.05) is 11.6 Å². The van der Waals surface area contributed by atoms with Crippen molar-refractivity contribution in [2.24, 2.45) is 10.8 Å². The molecule has 4 heteroatoms. The van der Waals surface area contributed by atoms with Gasteiger partial charge < -0.3 is 0 Å². The maximum atomic E-state index is 5.54. The molecule has 0 aromatic heterocycles. The Morgan fingerprint density at radius 2 is 2.62 bits per heavy atom. The van der Waals surface area contributed by atoms with E-state index in [4.69, 9.17) is 17.4 Å². The SMILES string of the molecule is NN1C=NC=C(Cl)C1. The Bertz CT molecular complexity index is 140. The molecule has 0 radical (unpaired) electrons. The molecule has 0 saturated carbocycles. The first-order valence-electron chi connectivity index (χ1n) is 2.18. The van der Waals surface area contributed by atoms with Gasteiger partial charge in [0.1, 0.15) is 6.34 Å². The van der Waals surface area contributed by atoms with E-state index in [-0.39, 0.29) is 0 Å². The van der Waals surface area contributed by atoms with Gasteiger partial charge in [0, 0.05) is 6.20 Å². The lowest BCUT2D eigenvalue weighted by Gasteiger charge is -2.13. The molecule has 44 valence electrons. The highest BCUT2D eigenvalue weighted by Crippen LogP contribution is 2.04. The molecule has 0 aromatic rings. The summed E-state index contributed by atoms with van der Waals surface area (Å²) in [7, 11) is 0. The molecule has 1 rings (SSSR count). The van der Waals surface area contributed by atoms with E-state index in [2.05, 4.69) is 4.99 Å². The number of aliphatic imine (C=N–C) groups is 1. The number of rotatable bonds is 0. The Labute approximate surface area is 52.4 Å². The second-order valence-corrected chi connectivity index (χ2v) is 2.00. The van der Waals surface area contributed by atoms with Crippen LogP contribution in [0.5, 0.6) is 0 Å². The Morgan fingerprint density at radius 1 is 1.88 bits per heavy atom. The highest BCUT2D eigenvalue weighted by molar-refractivity contribution is 6.30. The minimum atomic E-state index is 0.561. The molecule has 2 N–H and O–H groups in total. The average molecular weight is 132 g/mol. The minimum Gasteiger partial charge on any atom is -0.296 e. The van der Waals surface area contributed by atoms with Crippen LogP contribution >= 0.6 is 11.6 Å². The summed E-state index contributed by atoms with van der Waals surface area (Å²) in [6.07, 6.45) is 3.09. The molecule has 0 saturated heterocycles. The largest absolute Gasteiger partial charge is 0.296 e. The summed E-state index contributed by atoms with van der Waals surface area (Å²) < 4.78 is 0. The Kier molecular flexibility index (Phi) is 1.50. The lowest BCUT2D eigenvalue weighted by Crippen LogP contribution is -2.31. The molecule has 3 nitrogen and oxygen atoms in total. The van der Waals surface area contributed by atoms with Crippen LogP contribution in [0.2, 0.25) is 0 Å². The van der Waals surface area contributed by atoms with Gasteiger partial charge in [0.25, 0.3) is 0 Å². The molecule has 0 aromatic carbocycles. The van der Waals surface area contributed by atoms with Crippen molar-refractivity contribution in [3.63, 3.8) is 0 Å². The van der Waals surface area contributed by atoms with Crippen molar-refractivity contribution in [2.45, 2.75) is 0 Å². The van der Waals surface area contributed by atoms with Crippen LogP contribution < -0.4 is 5.84 Å². The van der Waals surface area contributed by atoms with Crippen molar-refractivity contribution < 1.29 is 0 Å². The predicted octanol–water partition coefficient (Wildman–Crippen LogP) is 0.284. The maximum absolute atomic E-state index is 5.54. The van der Waals surface area contributed by atoms with Crippen molar-refractivity contribution in [1.82, 2.24) is 5.01 Å². The van der Waals surface area contributed by atoms with Gasteiger partial charge in [-0.3, -0.25) is 5.01 Å². The molecular weight excluding hydrogens is 126 g/mol. The van der Waals surface area contributed by atoms with Gasteiger partial charge in [-0.15, -0.1) is 0 Å². The molecule has 1 aliphatic rings. The smallest absolute Gasteiger partial charge is 0.105 e. The number of nitrogens with zero attached hydrogens (tertiary/aromatic N) is 2. The van der Waals surface area contributed by atoms with E-state index in [1.54, 1.807) is 6.20 Å². The first-order chi connectivity index (χ1) is 3.79. The summed E-state index contributed by atoms with van der Waals surface area (Å²) in [4.78, 5) is 3.72. The van der Waals surface area contributed by atoms with Gasteiger partial charge in [-0.25, -0.2) is 10.8 Å².